The predicted octanol–water partition coefficient (Wildman–Crippen LogP) is 3.41. The Morgan fingerprint density at radius 2 is 2.11 bits per heavy atom. The van der Waals surface area contributed by atoms with E-state index >= 15 is 0 Å². The fourth-order valence-corrected chi connectivity index (χ4v) is 3.07. The van der Waals surface area contributed by atoms with Crippen molar-refractivity contribution in [3.63, 3.8) is 0 Å². The second-order valence-electron chi connectivity index (χ2n) is 6.89. The Kier molecular flexibility index (Phi) is 5.53. The lowest BCUT2D eigenvalue weighted by Crippen LogP contribution is -2.43. The third-order valence-electron chi connectivity index (χ3n) is 4.53. The zero-order valence-electron chi connectivity index (χ0n) is 12.9. The largest absolute Gasteiger partial charge is 0.416 e. The summed E-state index contributed by atoms with van der Waals surface area (Å²) in [5, 5.41) is 0.194. The summed E-state index contributed by atoms with van der Waals surface area (Å²) >= 11 is 0. The summed E-state index contributed by atoms with van der Waals surface area (Å²) in [5.74, 6) is 0.0952. The van der Waals surface area contributed by atoms with Crippen LogP contribution in [0.1, 0.15) is 27.2 Å². The average molecular weight is 284 g/mol. The smallest absolute Gasteiger partial charge is 0.192 e. The van der Waals surface area contributed by atoms with Crippen molar-refractivity contribution in [1.82, 2.24) is 0 Å². The number of carbonyl (C=O) groups is 1. The molecule has 1 rings (SSSR count). The third kappa shape index (κ3) is 4.00. The quantitative estimate of drug-likeness (QED) is 0.426. The Morgan fingerprint density at radius 3 is 2.58 bits per heavy atom. The molecule has 1 heterocycles. The molecule has 0 aromatic heterocycles. The van der Waals surface area contributed by atoms with E-state index in [9.17, 15) is 4.79 Å². The SMILES string of the molecule is C=CC(CO[Si](C)(C)C(C)(C)C)[C@@H]1OCC[C@H]1C=O. The van der Waals surface area contributed by atoms with Gasteiger partial charge in [0.25, 0.3) is 0 Å². The predicted molar refractivity (Wildman–Crippen MR) is 80.7 cm³/mol. The van der Waals surface area contributed by atoms with Crippen molar-refractivity contribution >= 4 is 14.6 Å². The summed E-state index contributed by atoms with van der Waals surface area (Å²) < 4.78 is 11.9. The van der Waals surface area contributed by atoms with Crippen LogP contribution >= 0.6 is 0 Å². The molecule has 0 bridgehead atoms. The molecule has 1 aliphatic heterocycles. The molecule has 0 amide bonds. The Bertz CT molecular complexity index is 320. The Labute approximate surface area is 118 Å². The van der Waals surface area contributed by atoms with E-state index in [1.54, 1.807) is 0 Å². The van der Waals surface area contributed by atoms with E-state index in [2.05, 4.69) is 40.4 Å². The topological polar surface area (TPSA) is 35.5 Å². The average Bonchev–Trinajstić information content (AvgIpc) is 2.76. The van der Waals surface area contributed by atoms with Gasteiger partial charge in [0, 0.05) is 25.0 Å². The summed E-state index contributed by atoms with van der Waals surface area (Å²) in [6.07, 6.45) is 3.65. The first kappa shape index (κ1) is 16.6. The number of carbonyl (C=O) groups excluding carboxylic acids is 1. The zero-order valence-corrected chi connectivity index (χ0v) is 13.9. The van der Waals surface area contributed by atoms with Gasteiger partial charge in [-0.25, -0.2) is 0 Å². The van der Waals surface area contributed by atoms with Gasteiger partial charge in [-0.1, -0.05) is 26.8 Å². The molecule has 3 nitrogen and oxygen atoms in total. The van der Waals surface area contributed by atoms with Gasteiger partial charge in [-0.2, -0.15) is 0 Å². The van der Waals surface area contributed by atoms with E-state index in [0.29, 0.717) is 13.2 Å². The lowest BCUT2D eigenvalue weighted by atomic mass is 9.92. The molecule has 19 heavy (non-hydrogen) atoms. The van der Waals surface area contributed by atoms with E-state index in [0.717, 1.165) is 12.7 Å². The van der Waals surface area contributed by atoms with Crippen LogP contribution in [0.3, 0.4) is 0 Å². The van der Waals surface area contributed by atoms with Crippen LogP contribution in [-0.4, -0.2) is 33.9 Å². The molecule has 0 radical (unpaired) electrons. The lowest BCUT2D eigenvalue weighted by molar-refractivity contribution is -0.113. The van der Waals surface area contributed by atoms with Gasteiger partial charge in [-0.3, -0.25) is 0 Å². The van der Waals surface area contributed by atoms with Crippen molar-refractivity contribution in [3.8, 4) is 0 Å². The third-order valence-corrected chi connectivity index (χ3v) is 9.03. The molecular weight excluding hydrogens is 256 g/mol. The van der Waals surface area contributed by atoms with Gasteiger partial charge in [0.2, 0.25) is 0 Å². The maximum Gasteiger partial charge on any atom is 0.192 e. The normalized spacial score (nSPS) is 26.2. The fraction of sp³-hybridized carbons (Fsp3) is 0.800. The first-order valence-electron chi connectivity index (χ1n) is 7.06. The molecule has 3 atom stereocenters. The second kappa shape index (κ2) is 6.33. The monoisotopic (exact) mass is 284 g/mol. The summed E-state index contributed by atoms with van der Waals surface area (Å²) in [4.78, 5) is 11.1. The van der Waals surface area contributed by atoms with Crippen LogP contribution in [0.4, 0.5) is 0 Å². The first-order chi connectivity index (χ1) is 8.73. The molecule has 1 saturated heterocycles. The highest BCUT2D eigenvalue weighted by Crippen LogP contribution is 2.37. The highest BCUT2D eigenvalue weighted by atomic mass is 28.4. The molecule has 0 aromatic carbocycles. The molecule has 0 aromatic rings. The van der Waals surface area contributed by atoms with Crippen LogP contribution < -0.4 is 0 Å². The van der Waals surface area contributed by atoms with Crippen LogP contribution in [0.15, 0.2) is 12.7 Å². The van der Waals surface area contributed by atoms with Gasteiger partial charge in [0.15, 0.2) is 8.32 Å². The maximum absolute atomic E-state index is 11.1. The van der Waals surface area contributed by atoms with E-state index in [1.807, 2.05) is 6.08 Å². The van der Waals surface area contributed by atoms with Crippen LogP contribution in [0.5, 0.6) is 0 Å². The van der Waals surface area contributed by atoms with Gasteiger partial charge in [-0.15, -0.1) is 6.58 Å². The van der Waals surface area contributed by atoms with Crippen LogP contribution in [-0.2, 0) is 14.0 Å². The van der Waals surface area contributed by atoms with Crippen LogP contribution in [0, 0.1) is 11.8 Å². The summed E-state index contributed by atoms with van der Waals surface area (Å²) in [5.41, 5.74) is 0. The number of hydrogen-bond donors (Lipinski definition) is 0. The van der Waals surface area contributed by atoms with Gasteiger partial charge < -0.3 is 14.0 Å². The van der Waals surface area contributed by atoms with E-state index in [-0.39, 0.29) is 23.0 Å². The fourth-order valence-electron chi connectivity index (χ4n) is 2.03. The van der Waals surface area contributed by atoms with E-state index in [4.69, 9.17) is 9.16 Å². The molecule has 0 saturated carbocycles. The van der Waals surface area contributed by atoms with Crippen molar-refractivity contribution in [1.29, 1.82) is 0 Å². The first-order valence-corrected chi connectivity index (χ1v) is 9.97. The van der Waals surface area contributed by atoms with E-state index < -0.39 is 8.32 Å². The lowest BCUT2D eigenvalue weighted by Gasteiger charge is -2.37. The molecule has 1 fully saturated rings. The van der Waals surface area contributed by atoms with Crippen LogP contribution in [0.2, 0.25) is 18.1 Å². The summed E-state index contributed by atoms with van der Waals surface area (Å²) in [6.45, 7) is 16.3. The number of ether oxygens (including phenoxy) is 1. The molecular formula is C15H28O3Si. The summed E-state index contributed by atoms with van der Waals surface area (Å²) in [7, 11) is -1.76. The second-order valence-corrected chi connectivity index (χ2v) is 11.7. The minimum Gasteiger partial charge on any atom is -0.416 e. The van der Waals surface area contributed by atoms with Gasteiger partial charge in [-0.05, 0) is 24.6 Å². The highest BCUT2D eigenvalue weighted by molar-refractivity contribution is 6.74. The molecule has 0 spiro atoms. The number of hydrogen-bond acceptors (Lipinski definition) is 3. The minimum atomic E-state index is -1.76. The molecule has 1 unspecified atom stereocenters. The number of rotatable bonds is 6. The van der Waals surface area contributed by atoms with Crippen molar-refractivity contribution in [3.05, 3.63) is 12.7 Å². The standard InChI is InChI=1S/C15H28O3Si/c1-7-12(14-13(10-16)8-9-17-14)11-18-19(5,6)15(2,3)4/h7,10,12-14H,1,8-9,11H2,2-6H3/t12?,13-,14-/m0/s1. The Hall–Kier alpha value is -0.453. The summed E-state index contributed by atoms with van der Waals surface area (Å²) in [6, 6.07) is 0. The highest BCUT2D eigenvalue weighted by Gasteiger charge is 2.39. The number of aldehydes is 1. The molecule has 0 N–H and O–H groups in total. The molecule has 110 valence electrons. The Morgan fingerprint density at radius 1 is 1.47 bits per heavy atom. The van der Waals surface area contributed by atoms with Crippen molar-refractivity contribution in [2.45, 2.75) is 51.4 Å². The van der Waals surface area contributed by atoms with Gasteiger partial charge in [0.05, 0.1) is 6.10 Å². The molecule has 0 aliphatic carbocycles. The van der Waals surface area contributed by atoms with E-state index in [1.165, 1.54) is 0 Å². The van der Waals surface area contributed by atoms with Gasteiger partial charge in [0.1, 0.15) is 6.29 Å². The Balaban J connectivity index is 2.63. The van der Waals surface area contributed by atoms with Crippen molar-refractivity contribution in [2.24, 2.45) is 11.8 Å². The van der Waals surface area contributed by atoms with Crippen molar-refractivity contribution in [2.75, 3.05) is 13.2 Å². The minimum absolute atomic E-state index is 0.00832. The maximum atomic E-state index is 11.1. The molecule has 4 heteroatoms. The van der Waals surface area contributed by atoms with Crippen LogP contribution in [0.25, 0.3) is 0 Å². The molecule has 1 aliphatic rings. The van der Waals surface area contributed by atoms with Gasteiger partial charge >= 0.3 is 0 Å². The zero-order chi connectivity index (χ0) is 14.7. The van der Waals surface area contributed by atoms with Crippen molar-refractivity contribution < 1.29 is 14.0 Å².